The monoisotopic (exact) mass is 253 g/mol. The van der Waals surface area contributed by atoms with Gasteiger partial charge in [0.25, 0.3) is 0 Å². The lowest BCUT2D eigenvalue weighted by atomic mass is 10.1. The van der Waals surface area contributed by atoms with Gasteiger partial charge in [-0.2, -0.15) is 0 Å². The first-order valence-electron chi connectivity index (χ1n) is 5.67. The molecule has 1 atom stereocenters. The molecule has 2 rings (SSSR count). The summed E-state index contributed by atoms with van der Waals surface area (Å²) in [7, 11) is 1.61. The lowest BCUT2D eigenvalue weighted by Gasteiger charge is -2.20. The quantitative estimate of drug-likeness (QED) is 0.892. The molecule has 1 N–H and O–H groups in total. The van der Waals surface area contributed by atoms with Crippen molar-refractivity contribution in [3.8, 4) is 5.75 Å². The SMILES string of the molecule is COc1cc(NCC2CCC=CO2)ccc1Cl. The van der Waals surface area contributed by atoms with Crippen LogP contribution >= 0.6 is 11.6 Å². The summed E-state index contributed by atoms with van der Waals surface area (Å²) in [5, 5.41) is 3.94. The molecule has 1 heterocycles. The third-order valence-electron chi connectivity index (χ3n) is 2.71. The van der Waals surface area contributed by atoms with Crippen LogP contribution in [0.3, 0.4) is 0 Å². The van der Waals surface area contributed by atoms with Crippen molar-refractivity contribution in [1.29, 1.82) is 0 Å². The molecule has 4 heteroatoms. The molecule has 0 aromatic heterocycles. The highest BCUT2D eigenvalue weighted by Crippen LogP contribution is 2.27. The van der Waals surface area contributed by atoms with E-state index in [1.54, 1.807) is 13.4 Å². The van der Waals surface area contributed by atoms with Gasteiger partial charge in [-0.05, 0) is 31.1 Å². The number of hydrogen-bond acceptors (Lipinski definition) is 3. The summed E-state index contributed by atoms with van der Waals surface area (Å²) in [4.78, 5) is 0. The standard InChI is InChI=1S/C13H16ClNO2/c1-16-13-8-10(5-6-12(13)14)15-9-11-4-2-3-7-17-11/h3,5-8,11,15H,2,4,9H2,1H3. The fourth-order valence-corrected chi connectivity index (χ4v) is 1.93. The van der Waals surface area contributed by atoms with E-state index in [9.17, 15) is 0 Å². The van der Waals surface area contributed by atoms with Crippen LogP contribution in [-0.4, -0.2) is 19.8 Å². The molecule has 0 spiro atoms. The van der Waals surface area contributed by atoms with Crippen LogP contribution in [-0.2, 0) is 4.74 Å². The zero-order chi connectivity index (χ0) is 12.1. The van der Waals surface area contributed by atoms with Crippen LogP contribution in [0.15, 0.2) is 30.5 Å². The molecule has 0 saturated carbocycles. The van der Waals surface area contributed by atoms with Crippen molar-refractivity contribution < 1.29 is 9.47 Å². The number of anilines is 1. The van der Waals surface area contributed by atoms with Crippen molar-refractivity contribution >= 4 is 17.3 Å². The van der Waals surface area contributed by atoms with E-state index in [-0.39, 0.29) is 6.10 Å². The van der Waals surface area contributed by atoms with Crippen LogP contribution in [0.4, 0.5) is 5.69 Å². The van der Waals surface area contributed by atoms with Gasteiger partial charge in [-0.1, -0.05) is 11.6 Å². The maximum Gasteiger partial charge on any atom is 0.139 e. The molecule has 0 amide bonds. The molecule has 1 aromatic carbocycles. The Morgan fingerprint density at radius 2 is 2.41 bits per heavy atom. The molecular weight excluding hydrogens is 238 g/mol. The van der Waals surface area contributed by atoms with Crippen LogP contribution in [0.2, 0.25) is 5.02 Å². The number of halogens is 1. The zero-order valence-electron chi connectivity index (χ0n) is 9.78. The summed E-state index contributed by atoms with van der Waals surface area (Å²) < 4.78 is 10.6. The van der Waals surface area contributed by atoms with Crippen molar-refractivity contribution in [3.63, 3.8) is 0 Å². The fourth-order valence-electron chi connectivity index (χ4n) is 1.74. The van der Waals surface area contributed by atoms with Gasteiger partial charge in [0.15, 0.2) is 0 Å². The molecule has 0 aliphatic carbocycles. The summed E-state index contributed by atoms with van der Waals surface area (Å²) in [5.74, 6) is 0.682. The predicted molar refractivity (Wildman–Crippen MR) is 69.7 cm³/mol. The van der Waals surface area contributed by atoms with E-state index >= 15 is 0 Å². The Kier molecular flexibility index (Phi) is 4.15. The van der Waals surface area contributed by atoms with E-state index in [0.717, 1.165) is 25.1 Å². The number of methoxy groups -OCH3 is 1. The molecule has 0 bridgehead atoms. The molecule has 1 unspecified atom stereocenters. The van der Waals surface area contributed by atoms with Crippen LogP contribution in [0.25, 0.3) is 0 Å². The zero-order valence-corrected chi connectivity index (χ0v) is 10.5. The van der Waals surface area contributed by atoms with E-state index in [1.807, 2.05) is 24.3 Å². The van der Waals surface area contributed by atoms with E-state index < -0.39 is 0 Å². The molecule has 3 nitrogen and oxygen atoms in total. The van der Waals surface area contributed by atoms with Crippen LogP contribution < -0.4 is 10.1 Å². The Morgan fingerprint density at radius 3 is 3.12 bits per heavy atom. The second-order valence-corrected chi connectivity index (χ2v) is 4.34. The number of ether oxygens (including phenoxy) is 2. The van der Waals surface area contributed by atoms with Gasteiger partial charge in [0, 0.05) is 11.8 Å². The highest BCUT2D eigenvalue weighted by atomic mass is 35.5. The average molecular weight is 254 g/mol. The fraction of sp³-hybridized carbons (Fsp3) is 0.385. The maximum absolute atomic E-state index is 5.96. The van der Waals surface area contributed by atoms with E-state index in [0.29, 0.717) is 10.8 Å². The van der Waals surface area contributed by atoms with Gasteiger partial charge in [-0.3, -0.25) is 0 Å². The van der Waals surface area contributed by atoms with E-state index in [2.05, 4.69) is 5.32 Å². The summed E-state index contributed by atoms with van der Waals surface area (Å²) in [6.07, 6.45) is 6.19. The molecule has 1 aromatic rings. The van der Waals surface area contributed by atoms with Gasteiger partial charge < -0.3 is 14.8 Å². The van der Waals surface area contributed by atoms with Gasteiger partial charge in [0.1, 0.15) is 11.9 Å². The minimum absolute atomic E-state index is 0.238. The summed E-state index contributed by atoms with van der Waals surface area (Å²) >= 11 is 5.96. The Balaban J connectivity index is 1.92. The minimum atomic E-state index is 0.238. The van der Waals surface area contributed by atoms with E-state index in [4.69, 9.17) is 21.1 Å². The highest BCUT2D eigenvalue weighted by Gasteiger charge is 2.10. The molecular formula is C13H16ClNO2. The minimum Gasteiger partial charge on any atom is -0.497 e. The molecule has 0 fully saturated rings. The Labute approximate surface area is 106 Å². The predicted octanol–water partition coefficient (Wildman–Crippen LogP) is 3.45. The molecule has 0 saturated heterocycles. The third-order valence-corrected chi connectivity index (χ3v) is 3.02. The molecule has 1 aliphatic heterocycles. The summed E-state index contributed by atoms with van der Waals surface area (Å²) in [5.41, 5.74) is 0.990. The first-order chi connectivity index (χ1) is 8.29. The number of nitrogens with one attached hydrogen (secondary N) is 1. The lowest BCUT2D eigenvalue weighted by Crippen LogP contribution is -2.22. The van der Waals surface area contributed by atoms with Gasteiger partial charge in [-0.25, -0.2) is 0 Å². The molecule has 17 heavy (non-hydrogen) atoms. The van der Waals surface area contributed by atoms with Crippen molar-refractivity contribution in [2.45, 2.75) is 18.9 Å². The second-order valence-electron chi connectivity index (χ2n) is 3.94. The van der Waals surface area contributed by atoms with Gasteiger partial charge >= 0.3 is 0 Å². The Bertz CT molecular complexity index is 406. The lowest BCUT2D eigenvalue weighted by molar-refractivity contribution is 0.135. The Morgan fingerprint density at radius 1 is 1.53 bits per heavy atom. The Hall–Kier alpha value is -1.35. The number of hydrogen-bond donors (Lipinski definition) is 1. The molecule has 0 radical (unpaired) electrons. The summed E-state index contributed by atoms with van der Waals surface area (Å²) in [6.45, 7) is 0.787. The van der Waals surface area contributed by atoms with Crippen molar-refractivity contribution in [3.05, 3.63) is 35.6 Å². The van der Waals surface area contributed by atoms with Crippen LogP contribution in [0.1, 0.15) is 12.8 Å². The first-order valence-corrected chi connectivity index (χ1v) is 6.05. The third kappa shape index (κ3) is 3.30. The van der Waals surface area contributed by atoms with Gasteiger partial charge in [-0.15, -0.1) is 0 Å². The number of rotatable bonds is 4. The van der Waals surface area contributed by atoms with Gasteiger partial charge in [0.2, 0.25) is 0 Å². The number of benzene rings is 1. The smallest absolute Gasteiger partial charge is 0.139 e. The van der Waals surface area contributed by atoms with Crippen LogP contribution in [0, 0.1) is 0 Å². The van der Waals surface area contributed by atoms with Crippen molar-refractivity contribution in [2.24, 2.45) is 0 Å². The van der Waals surface area contributed by atoms with Crippen molar-refractivity contribution in [2.75, 3.05) is 19.0 Å². The normalized spacial score (nSPS) is 18.6. The van der Waals surface area contributed by atoms with Crippen molar-refractivity contribution in [1.82, 2.24) is 0 Å². The topological polar surface area (TPSA) is 30.5 Å². The largest absolute Gasteiger partial charge is 0.497 e. The highest BCUT2D eigenvalue weighted by molar-refractivity contribution is 6.32. The summed E-state index contributed by atoms with van der Waals surface area (Å²) in [6, 6.07) is 5.65. The average Bonchev–Trinajstić information content (AvgIpc) is 2.39. The first kappa shape index (κ1) is 12.1. The number of allylic oxidation sites excluding steroid dienone is 1. The molecule has 1 aliphatic rings. The van der Waals surface area contributed by atoms with Gasteiger partial charge in [0.05, 0.1) is 24.9 Å². The van der Waals surface area contributed by atoms with Crippen LogP contribution in [0.5, 0.6) is 5.75 Å². The maximum atomic E-state index is 5.96. The van der Waals surface area contributed by atoms with E-state index in [1.165, 1.54) is 0 Å². The molecule has 92 valence electrons. The second kappa shape index (κ2) is 5.82.